The van der Waals surface area contributed by atoms with E-state index in [1.54, 1.807) is 6.07 Å². The molecule has 5 heteroatoms. The fraction of sp³-hybridized carbons (Fsp3) is 0.500. The lowest BCUT2D eigenvalue weighted by Gasteiger charge is -2.09. The number of nitrogens with one attached hydrogen (secondary N) is 2. The lowest BCUT2D eigenvalue weighted by Crippen LogP contribution is -2.23. The molecule has 0 saturated heterocycles. The molecule has 1 saturated carbocycles. The summed E-state index contributed by atoms with van der Waals surface area (Å²) in [5, 5.41) is 14.6. The number of benzene rings is 1. The summed E-state index contributed by atoms with van der Waals surface area (Å²) in [7, 11) is 0. The Hall–Kier alpha value is -2.06. The van der Waals surface area contributed by atoms with Gasteiger partial charge in [-0.25, -0.2) is 0 Å². The van der Waals surface area contributed by atoms with Crippen molar-refractivity contribution in [1.29, 1.82) is 5.26 Å². The summed E-state index contributed by atoms with van der Waals surface area (Å²) in [6.07, 6.45) is 4.13. The third-order valence-electron chi connectivity index (χ3n) is 3.18. The molecule has 1 aromatic carbocycles. The first kappa shape index (κ1) is 15.3. The SMILES string of the molecule is N#CCCCOc1cccc(NC(=O)CCNC2CC2)c1. The molecule has 0 radical (unpaired) electrons. The van der Waals surface area contributed by atoms with Crippen LogP contribution in [-0.2, 0) is 4.79 Å². The Morgan fingerprint density at radius 1 is 1.43 bits per heavy atom. The number of carbonyl (C=O) groups excluding carboxylic acids is 1. The Bertz CT molecular complexity index is 506. The van der Waals surface area contributed by atoms with Crippen LogP contribution in [-0.4, -0.2) is 25.1 Å². The zero-order valence-corrected chi connectivity index (χ0v) is 12.1. The van der Waals surface area contributed by atoms with Crippen molar-refractivity contribution < 1.29 is 9.53 Å². The van der Waals surface area contributed by atoms with E-state index in [2.05, 4.69) is 16.7 Å². The monoisotopic (exact) mass is 287 g/mol. The third kappa shape index (κ3) is 6.28. The molecular formula is C16H21N3O2. The first-order valence-corrected chi connectivity index (χ1v) is 7.41. The summed E-state index contributed by atoms with van der Waals surface area (Å²) in [5.41, 5.74) is 0.740. The summed E-state index contributed by atoms with van der Waals surface area (Å²) in [5.74, 6) is 0.714. The van der Waals surface area contributed by atoms with Gasteiger partial charge in [0.25, 0.3) is 0 Å². The number of hydrogen-bond acceptors (Lipinski definition) is 4. The number of carbonyl (C=O) groups is 1. The van der Waals surface area contributed by atoms with E-state index in [-0.39, 0.29) is 5.91 Å². The van der Waals surface area contributed by atoms with Gasteiger partial charge in [-0.2, -0.15) is 5.26 Å². The largest absolute Gasteiger partial charge is 0.493 e. The van der Waals surface area contributed by atoms with Gasteiger partial charge < -0.3 is 15.4 Å². The number of nitrogens with zero attached hydrogens (tertiary/aromatic N) is 1. The lowest BCUT2D eigenvalue weighted by molar-refractivity contribution is -0.116. The van der Waals surface area contributed by atoms with Crippen molar-refractivity contribution >= 4 is 11.6 Å². The van der Waals surface area contributed by atoms with E-state index in [4.69, 9.17) is 10.00 Å². The Labute approximate surface area is 125 Å². The van der Waals surface area contributed by atoms with Crippen LogP contribution in [0.3, 0.4) is 0 Å². The van der Waals surface area contributed by atoms with Crippen molar-refractivity contribution in [1.82, 2.24) is 5.32 Å². The molecule has 0 bridgehead atoms. The molecule has 0 unspecified atom stereocenters. The number of amides is 1. The van der Waals surface area contributed by atoms with E-state index in [0.29, 0.717) is 37.7 Å². The number of nitriles is 1. The summed E-state index contributed by atoms with van der Waals surface area (Å²) >= 11 is 0. The van der Waals surface area contributed by atoms with E-state index < -0.39 is 0 Å². The maximum atomic E-state index is 11.8. The molecule has 0 atom stereocenters. The minimum Gasteiger partial charge on any atom is -0.493 e. The minimum absolute atomic E-state index is 0.00443. The predicted molar refractivity (Wildman–Crippen MR) is 81.1 cm³/mol. The first-order valence-electron chi connectivity index (χ1n) is 7.41. The highest BCUT2D eigenvalue weighted by molar-refractivity contribution is 5.91. The number of ether oxygens (including phenoxy) is 1. The van der Waals surface area contributed by atoms with Gasteiger partial charge in [0, 0.05) is 37.2 Å². The van der Waals surface area contributed by atoms with Crippen molar-refractivity contribution in [3.8, 4) is 11.8 Å². The van der Waals surface area contributed by atoms with Gasteiger partial charge in [0.2, 0.25) is 5.91 Å². The molecule has 1 aromatic rings. The molecule has 1 fully saturated rings. The van der Waals surface area contributed by atoms with Crippen molar-refractivity contribution in [3.63, 3.8) is 0 Å². The van der Waals surface area contributed by atoms with Gasteiger partial charge >= 0.3 is 0 Å². The van der Waals surface area contributed by atoms with Crippen molar-refractivity contribution in [2.24, 2.45) is 0 Å². The normalized spacial score (nSPS) is 13.5. The van der Waals surface area contributed by atoms with Crippen LogP contribution in [0.15, 0.2) is 24.3 Å². The van der Waals surface area contributed by atoms with E-state index in [1.807, 2.05) is 18.2 Å². The van der Waals surface area contributed by atoms with Crippen molar-refractivity contribution in [3.05, 3.63) is 24.3 Å². The highest BCUT2D eigenvalue weighted by Crippen LogP contribution is 2.19. The topological polar surface area (TPSA) is 74.1 Å². The molecule has 2 N–H and O–H groups in total. The van der Waals surface area contributed by atoms with Crippen LogP contribution in [0.4, 0.5) is 5.69 Å². The molecule has 0 heterocycles. The summed E-state index contributed by atoms with van der Waals surface area (Å²) in [6.45, 7) is 1.23. The second-order valence-electron chi connectivity index (χ2n) is 5.16. The van der Waals surface area contributed by atoms with E-state index in [0.717, 1.165) is 12.2 Å². The maximum absolute atomic E-state index is 11.8. The molecule has 2 rings (SSSR count). The zero-order chi connectivity index (χ0) is 14.9. The summed E-state index contributed by atoms with van der Waals surface area (Å²) in [6, 6.07) is 10.0. The van der Waals surface area contributed by atoms with Crippen LogP contribution >= 0.6 is 0 Å². The number of unbranched alkanes of at least 4 members (excludes halogenated alkanes) is 1. The van der Waals surface area contributed by atoms with Gasteiger partial charge in [-0.3, -0.25) is 4.79 Å². The Balaban J connectivity index is 1.71. The molecule has 0 aromatic heterocycles. The highest BCUT2D eigenvalue weighted by Gasteiger charge is 2.20. The Morgan fingerprint density at radius 2 is 2.29 bits per heavy atom. The fourth-order valence-corrected chi connectivity index (χ4v) is 1.91. The van der Waals surface area contributed by atoms with Crippen LogP contribution in [0, 0.1) is 11.3 Å². The van der Waals surface area contributed by atoms with Crippen molar-refractivity contribution in [2.75, 3.05) is 18.5 Å². The number of rotatable bonds is 9. The Morgan fingerprint density at radius 3 is 3.05 bits per heavy atom. The Kier molecular flexibility index (Phi) is 6.04. The maximum Gasteiger partial charge on any atom is 0.225 e. The quantitative estimate of drug-likeness (QED) is 0.684. The molecule has 0 spiro atoms. The van der Waals surface area contributed by atoms with E-state index >= 15 is 0 Å². The second kappa shape index (κ2) is 8.28. The van der Waals surface area contributed by atoms with Crippen LogP contribution < -0.4 is 15.4 Å². The third-order valence-corrected chi connectivity index (χ3v) is 3.18. The van der Waals surface area contributed by atoms with Gasteiger partial charge in [-0.1, -0.05) is 6.07 Å². The molecule has 112 valence electrons. The molecule has 1 aliphatic carbocycles. The van der Waals surface area contributed by atoms with Gasteiger partial charge in [-0.05, 0) is 31.4 Å². The lowest BCUT2D eigenvalue weighted by atomic mass is 10.3. The molecule has 5 nitrogen and oxygen atoms in total. The fourth-order valence-electron chi connectivity index (χ4n) is 1.91. The smallest absolute Gasteiger partial charge is 0.225 e. The average molecular weight is 287 g/mol. The van der Waals surface area contributed by atoms with Gasteiger partial charge in [0.1, 0.15) is 5.75 Å². The highest BCUT2D eigenvalue weighted by atomic mass is 16.5. The molecule has 1 amide bonds. The number of anilines is 1. The zero-order valence-electron chi connectivity index (χ0n) is 12.1. The second-order valence-corrected chi connectivity index (χ2v) is 5.16. The van der Waals surface area contributed by atoms with Crippen LogP contribution in [0.2, 0.25) is 0 Å². The van der Waals surface area contributed by atoms with Gasteiger partial charge in [0.05, 0.1) is 12.7 Å². The van der Waals surface area contributed by atoms with E-state index in [9.17, 15) is 4.79 Å². The van der Waals surface area contributed by atoms with Crippen LogP contribution in [0.25, 0.3) is 0 Å². The standard InChI is InChI=1S/C16H21N3O2/c17-9-1-2-11-21-15-5-3-4-14(12-15)19-16(20)8-10-18-13-6-7-13/h3-5,12-13,18H,1-2,6-8,10-11H2,(H,19,20). The number of hydrogen-bond donors (Lipinski definition) is 2. The predicted octanol–water partition coefficient (Wildman–Crippen LogP) is 2.45. The molecule has 1 aliphatic rings. The van der Waals surface area contributed by atoms with Crippen LogP contribution in [0.1, 0.15) is 32.1 Å². The summed E-state index contributed by atoms with van der Waals surface area (Å²) < 4.78 is 5.54. The van der Waals surface area contributed by atoms with Crippen molar-refractivity contribution in [2.45, 2.75) is 38.1 Å². The van der Waals surface area contributed by atoms with Crippen LogP contribution in [0.5, 0.6) is 5.75 Å². The van der Waals surface area contributed by atoms with E-state index in [1.165, 1.54) is 12.8 Å². The molecule has 21 heavy (non-hydrogen) atoms. The average Bonchev–Trinajstić information content (AvgIpc) is 3.28. The minimum atomic E-state index is 0.00443. The molecule has 0 aliphatic heterocycles. The summed E-state index contributed by atoms with van der Waals surface area (Å²) in [4.78, 5) is 11.8. The van der Waals surface area contributed by atoms with Gasteiger partial charge in [0.15, 0.2) is 0 Å². The van der Waals surface area contributed by atoms with Gasteiger partial charge in [-0.15, -0.1) is 0 Å². The molecular weight excluding hydrogens is 266 g/mol. The first-order chi connectivity index (χ1) is 10.3.